The van der Waals surface area contributed by atoms with Crippen LogP contribution in [0.1, 0.15) is 26.2 Å². The Bertz CT molecular complexity index is 104. The minimum atomic E-state index is 0.878. The van der Waals surface area contributed by atoms with Gasteiger partial charge in [0.25, 0.3) is 0 Å². The van der Waals surface area contributed by atoms with E-state index in [0.717, 1.165) is 18.0 Å². The Morgan fingerprint density at radius 2 is 2.11 bits per heavy atom. The number of hydrogen-bond acceptors (Lipinski definition) is 1. The third kappa shape index (κ3) is 0.644. The lowest BCUT2D eigenvalue weighted by molar-refractivity contribution is 0.190. The van der Waals surface area contributed by atoms with Gasteiger partial charge in [0.05, 0.1) is 0 Å². The Labute approximate surface area is 57.0 Å². The molecule has 0 radical (unpaired) electrons. The summed E-state index contributed by atoms with van der Waals surface area (Å²) in [6, 6.07) is 1.83. The van der Waals surface area contributed by atoms with Crippen molar-refractivity contribution >= 4 is 0 Å². The summed E-state index contributed by atoms with van der Waals surface area (Å²) in [5, 5.41) is 0. The zero-order valence-corrected chi connectivity index (χ0v) is 6.30. The van der Waals surface area contributed by atoms with Crippen LogP contribution < -0.4 is 0 Å². The summed E-state index contributed by atoms with van der Waals surface area (Å²) < 4.78 is 0. The van der Waals surface area contributed by atoms with Gasteiger partial charge in [-0.25, -0.2) is 0 Å². The van der Waals surface area contributed by atoms with E-state index in [0.29, 0.717) is 0 Å². The Kier molecular flexibility index (Phi) is 1.10. The van der Waals surface area contributed by atoms with Crippen LogP contribution in [0.2, 0.25) is 0 Å². The average Bonchev–Trinajstić information content (AvgIpc) is 2.37. The van der Waals surface area contributed by atoms with Crippen LogP contribution >= 0.6 is 0 Å². The molecular weight excluding hydrogens is 110 g/mol. The molecule has 0 amide bonds. The van der Waals surface area contributed by atoms with Crippen LogP contribution in [0.3, 0.4) is 0 Å². The van der Waals surface area contributed by atoms with Crippen molar-refractivity contribution in [1.82, 2.24) is 4.90 Å². The molecule has 2 aliphatic rings. The lowest BCUT2D eigenvalue weighted by Crippen LogP contribution is -2.35. The van der Waals surface area contributed by atoms with Crippen molar-refractivity contribution in [2.45, 2.75) is 38.3 Å². The lowest BCUT2D eigenvalue weighted by atomic mass is 10.0. The average molecular weight is 125 g/mol. The summed E-state index contributed by atoms with van der Waals surface area (Å²) in [4.78, 5) is 2.55. The predicted molar refractivity (Wildman–Crippen MR) is 38.4 cm³/mol. The standard InChI is InChI=1S/C8H15N/c1-6-7-3-4-8(5-7)9(6)2/h6-8H,3-5H2,1-2H3/t6-,7+,8-/m1/s1. The third-order valence-electron chi connectivity index (χ3n) is 3.35. The molecule has 0 aromatic carbocycles. The van der Waals surface area contributed by atoms with Crippen molar-refractivity contribution in [1.29, 1.82) is 0 Å². The normalized spacial score (nSPS) is 50.7. The van der Waals surface area contributed by atoms with Crippen molar-refractivity contribution < 1.29 is 0 Å². The summed E-state index contributed by atoms with van der Waals surface area (Å²) in [7, 11) is 2.27. The molecule has 52 valence electrons. The summed E-state index contributed by atoms with van der Waals surface area (Å²) in [5.74, 6) is 1.04. The molecule has 0 aromatic heterocycles. The van der Waals surface area contributed by atoms with Gasteiger partial charge in [-0.2, -0.15) is 0 Å². The van der Waals surface area contributed by atoms with Crippen molar-refractivity contribution in [3.63, 3.8) is 0 Å². The molecule has 1 saturated carbocycles. The second-order valence-electron chi connectivity index (χ2n) is 3.63. The first-order valence-corrected chi connectivity index (χ1v) is 4.01. The minimum Gasteiger partial charge on any atom is -0.300 e. The van der Waals surface area contributed by atoms with E-state index in [9.17, 15) is 0 Å². The SMILES string of the molecule is C[C@@H]1[C@H]2CC[C@H](C2)N1C. The first-order valence-electron chi connectivity index (χ1n) is 4.01. The lowest BCUT2D eigenvalue weighted by Gasteiger charge is -2.28. The fourth-order valence-electron chi connectivity index (χ4n) is 2.46. The van der Waals surface area contributed by atoms with Crippen molar-refractivity contribution in [2.24, 2.45) is 5.92 Å². The van der Waals surface area contributed by atoms with E-state index in [4.69, 9.17) is 0 Å². The number of hydrogen-bond donors (Lipinski definition) is 0. The van der Waals surface area contributed by atoms with E-state index in [-0.39, 0.29) is 0 Å². The number of likely N-dealkylation sites (tertiary alicyclic amines) is 1. The van der Waals surface area contributed by atoms with Crippen LogP contribution in [0.25, 0.3) is 0 Å². The molecule has 1 heteroatoms. The first kappa shape index (κ1) is 5.72. The fraction of sp³-hybridized carbons (Fsp3) is 1.00. The van der Waals surface area contributed by atoms with Crippen molar-refractivity contribution in [3.05, 3.63) is 0 Å². The molecule has 9 heavy (non-hydrogen) atoms. The van der Waals surface area contributed by atoms with Gasteiger partial charge in [-0.05, 0) is 39.2 Å². The molecule has 0 spiro atoms. The van der Waals surface area contributed by atoms with Gasteiger partial charge >= 0.3 is 0 Å². The number of fused-ring (bicyclic) bond motifs is 2. The Hall–Kier alpha value is -0.0400. The van der Waals surface area contributed by atoms with E-state index < -0.39 is 0 Å². The van der Waals surface area contributed by atoms with Crippen LogP contribution in [0.4, 0.5) is 0 Å². The van der Waals surface area contributed by atoms with Gasteiger partial charge in [-0.3, -0.25) is 0 Å². The van der Waals surface area contributed by atoms with Gasteiger partial charge in [-0.1, -0.05) is 0 Å². The summed E-state index contributed by atoms with van der Waals surface area (Å²) in [5.41, 5.74) is 0. The van der Waals surface area contributed by atoms with Crippen LogP contribution in [-0.2, 0) is 0 Å². The monoisotopic (exact) mass is 125 g/mol. The Balaban J connectivity index is 2.15. The maximum atomic E-state index is 2.55. The number of rotatable bonds is 0. The van der Waals surface area contributed by atoms with E-state index in [1.807, 2.05) is 0 Å². The second-order valence-corrected chi connectivity index (χ2v) is 3.63. The molecule has 0 N–H and O–H groups in total. The maximum absolute atomic E-state index is 2.55. The number of nitrogens with zero attached hydrogens (tertiary/aromatic N) is 1. The van der Waals surface area contributed by atoms with E-state index in [2.05, 4.69) is 18.9 Å². The predicted octanol–water partition coefficient (Wildman–Crippen LogP) is 1.49. The van der Waals surface area contributed by atoms with Crippen LogP contribution in [-0.4, -0.2) is 24.0 Å². The van der Waals surface area contributed by atoms with Crippen molar-refractivity contribution in [2.75, 3.05) is 7.05 Å². The maximum Gasteiger partial charge on any atom is 0.00984 e. The topological polar surface area (TPSA) is 3.24 Å². The zero-order valence-electron chi connectivity index (χ0n) is 6.30. The number of piperidine rings is 1. The highest BCUT2D eigenvalue weighted by Crippen LogP contribution is 2.40. The second kappa shape index (κ2) is 1.72. The molecule has 1 heterocycles. The van der Waals surface area contributed by atoms with Gasteiger partial charge in [-0.15, -0.1) is 0 Å². The highest BCUT2D eigenvalue weighted by Gasteiger charge is 2.40. The highest BCUT2D eigenvalue weighted by molar-refractivity contribution is 4.95. The largest absolute Gasteiger partial charge is 0.300 e. The highest BCUT2D eigenvalue weighted by atomic mass is 15.2. The molecule has 1 saturated heterocycles. The Morgan fingerprint density at radius 3 is 2.44 bits per heavy atom. The van der Waals surface area contributed by atoms with Gasteiger partial charge < -0.3 is 4.90 Å². The summed E-state index contributed by atoms with van der Waals surface area (Å²) in [6.07, 6.45) is 4.44. The first-order chi connectivity index (χ1) is 4.29. The molecule has 2 bridgehead atoms. The van der Waals surface area contributed by atoms with Gasteiger partial charge in [0.1, 0.15) is 0 Å². The zero-order chi connectivity index (χ0) is 6.43. The van der Waals surface area contributed by atoms with Crippen LogP contribution in [0, 0.1) is 5.92 Å². The molecule has 2 rings (SSSR count). The third-order valence-corrected chi connectivity index (χ3v) is 3.35. The van der Waals surface area contributed by atoms with E-state index in [1.54, 1.807) is 0 Å². The smallest absolute Gasteiger partial charge is 0.00984 e. The molecule has 1 nitrogen and oxygen atoms in total. The molecule has 1 aliphatic carbocycles. The molecule has 3 atom stereocenters. The van der Waals surface area contributed by atoms with Crippen LogP contribution in [0.5, 0.6) is 0 Å². The van der Waals surface area contributed by atoms with Crippen molar-refractivity contribution in [3.8, 4) is 0 Å². The van der Waals surface area contributed by atoms with Crippen LogP contribution in [0.15, 0.2) is 0 Å². The summed E-state index contributed by atoms with van der Waals surface area (Å²) >= 11 is 0. The molecule has 0 aromatic rings. The van der Waals surface area contributed by atoms with Gasteiger partial charge in [0, 0.05) is 12.1 Å². The van der Waals surface area contributed by atoms with E-state index >= 15 is 0 Å². The quantitative estimate of drug-likeness (QED) is 0.474. The van der Waals surface area contributed by atoms with E-state index in [1.165, 1.54) is 19.3 Å². The Morgan fingerprint density at radius 1 is 1.33 bits per heavy atom. The van der Waals surface area contributed by atoms with Gasteiger partial charge in [0.15, 0.2) is 0 Å². The summed E-state index contributed by atoms with van der Waals surface area (Å²) in [6.45, 7) is 2.36. The fourth-order valence-corrected chi connectivity index (χ4v) is 2.46. The minimum absolute atomic E-state index is 0.878. The molecule has 1 aliphatic heterocycles. The molecule has 0 unspecified atom stereocenters. The molecular formula is C8H15N. The van der Waals surface area contributed by atoms with Gasteiger partial charge in [0.2, 0.25) is 0 Å². The molecule has 2 fully saturated rings.